The first-order valence-electron chi connectivity index (χ1n) is 5.61. The number of sulfone groups is 1. The minimum Gasteiger partial charge on any atom is -0.321 e. The van der Waals surface area contributed by atoms with E-state index in [1.165, 1.54) is 24.3 Å². The predicted octanol–water partition coefficient (Wildman–Crippen LogP) is 2.75. The van der Waals surface area contributed by atoms with Gasteiger partial charge in [0.25, 0.3) is 0 Å². The summed E-state index contributed by atoms with van der Waals surface area (Å²) in [5, 5.41) is 2.26. The standard InChI is InChI=1S/C13H13F2NO3S/c1-2-3-4-9-12(17)16-10-7-5-6-8-11(10)20(18,19)13(14)15/h2-9,13H,1H3,(H,16,17). The minimum atomic E-state index is -4.76. The Bertz CT molecular complexity index is 637. The average Bonchev–Trinajstić information content (AvgIpc) is 2.39. The normalized spacial score (nSPS) is 12.4. The molecule has 1 amide bonds. The van der Waals surface area contributed by atoms with Crippen LogP contribution in [0.3, 0.4) is 0 Å². The number of para-hydroxylation sites is 1. The Labute approximate surface area is 115 Å². The van der Waals surface area contributed by atoms with Gasteiger partial charge in [-0.2, -0.15) is 8.78 Å². The molecule has 0 saturated heterocycles. The number of anilines is 1. The Kier molecular flexibility index (Phi) is 5.57. The number of nitrogens with one attached hydrogen (secondary N) is 1. The SMILES string of the molecule is CC=CC=CC(=O)Nc1ccccc1S(=O)(=O)C(F)F. The van der Waals surface area contributed by atoms with Gasteiger partial charge in [-0.25, -0.2) is 8.42 Å². The van der Waals surface area contributed by atoms with Crippen LogP contribution < -0.4 is 5.32 Å². The molecule has 0 unspecified atom stereocenters. The summed E-state index contributed by atoms with van der Waals surface area (Å²) in [6, 6.07) is 5.01. The molecule has 1 rings (SSSR count). The maximum absolute atomic E-state index is 12.5. The summed E-state index contributed by atoms with van der Waals surface area (Å²) in [5.41, 5.74) is -0.178. The van der Waals surface area contributed by atoms with Crippen LogP contribution in [0.4, 0.5) is 14.5 Å². The Balaban J connectivity index is 3.07. The zero-order valence-electron chi connectivity index (χ0n) is 10.6. The summed E-state index contributed by atoms with van der Waals surface area (Å²) in [5.74, 6) is -4.15. The second-order valence-corrected chi connectivity index (χ2v) is 5.56. The van der Waals surface area contributed by atoms with Crippen LogP contribution in [0.25, 0.3) is 0 Å². The quantitative estimate of drug-likeness (QED) is 0.672. The topological polar surface area (TPSA) is 63.2 Å². The molecule has 1 aromatic carbocycles. The molecule has 0 aliphatic rings. The van der Waals surface area contributed by atoms with E-state index in [2.05, 4.69) is 5.32 Å². The van der Waals surface area contributed by atoms with Gasteiger partial charge in [0, 0.05) is 6.08 Å². The van der Waals surface area contributed by atoms with Crippen LogP contribution in [-0.4, -0.2) is 20.1 Å². The Morgan fingerprint density at radius 2 is 1.90 bits per heavy atom. The largest absolute Gasteiger partial charge is 0.341 e. The van der Waals surface area contributed by atoms with Crippen molar-refractivity contribution in [3.05, 3.63) is 48.6 Å². The lowest BCUT2D eigenvalue weighted by Crippen LogP contribution is -2.16. The molecule has 7 heteroatoms. The Morgan fingerprint density at radius 1 is 1.25 bits per heavy atom. The highest BCUT2D eigenvalue weighted by Gasteiger charge is 2.29. The second-order valence-electron chi connectivity index (χ2n) is 3.68. The molecule has 0 heterocycles. The van der Waals surface area contributed by atoms with E-state index >= 15 is 0 Å². The molecule has 0 atom stereocenters. The number of hydrogen-bond acceptors (Lipinski definition) is 3. The lowest BCUT2D eigenvalue weighted by molar-refractivity contribution is -0.111. The fourth-order valence-corrected chi connectivity index (χ4v) is 2.23. The summed E-state index contributed by atoms with van der Waals surface area (Å²) in [7, 11) is -4.76. The van der Waals surface area contributed by atoms with Crippen molar-refractivity contribution in [2.45, 2.75) is 17.6 Å². The van der Waals surface area contributed by atoms with Crippen molar-refractivity contribution in [1.82, 2.24) is 0 Å². The molecule has 20 heavy (non-hydrogen) atoms. The molecule has 1 N–H and O–H groups in total. The first-order valence-corrected chi connectivity index (χ1v) is 7.15. The van der Waals surface area contributed by atoms with Gasteiger partial charge in [-0.15, -0.1) is 0 Å². The molecule has 0 bridgehead atoms. The number of halogens is 2. The van der Waals surface area contributed by atoms with E-state index in [-0.39, 0.29) is 5.69 Å². The highest BCUT2D eigenvalue weighted by Crippen LogP contribution is 2.25. The van der Waals surface area contributed by atoms with Crippen LogP contribution in [0.2, 0.25) is 0 Å². The smallest absolute Gasteiger partial charge is 0.321 e. The molecule has 108 valence electrons. The number of benzene rings is 1. The first kappa shape index (κ1) is 16.0. The van der Waals surface area contributed by atoms with Crippen molar-refractivity contribution in [3.63, 3.8) is 0 Å². The first-order chi connectivity index (χ1) is 9.39. The van der Waals surface area contributed by atoms with E-state index in [0.717, 1.165) is 12.1 Å². The van der Waals surface area contributed by atoms with Crippen molar-refractivity contribution >= 4 is 21.4 Å². The van der Waals surface area contributed by atoms with Gasteiger partial charge in [0.05, 0.1) is 10.6 Å². The Hall–Kier alpha value is -2.02. The molecule has 0 saturated carbocycles. The van der Waals surface area contributed by atoms with E-state index in [1.807, 2.05) is 0 Å². The molecular formula is C13H13F2NO3S. The highest BCUT2D eigenvalue weighted by atomic mass is 32.2. The van der Waals surface area contributed by atoms with Gasteiger partial charge < -0.3 is 5.32 Å². The monoisotopic (exact) mass is 301 g/mol. The molecule has 1 aromatic rings. The zero-order valence-corrected chi connectivity index (χ0v) is 11.4. The Morgan fingerprint density at radius 3 is 2.50 bits per heavy atom. The number of rotatable bonds is 5. The van der Waals surface area contributed by atoms with Gasteiger partial charge in [0.15, 0.2) is 0 Å². The van der Waals surface area contributed by atoms with E-state index < -0.39 is 26.4 Å². The molecule has 0 aliphatic carbocycles. The van der Waals surface area contributed by atoms with Gasteiger partial charge in [-0.1, -0.05) is 30.4 Å². The van der Waals surface area contributed by atoms with Crippen LogP contribution in [0, 0.1) is 0 Å². The third-order valence-electron chi connectivity index (χ3n) is 2.24. The molecule has 0 aliphatic heterocycles. The van der Waals surface area contributed by atoms with Crippen LogP contribution >= 0.6 is 0 Å². The van der Waals surface area contributed by atoms with Gasteiger partial charge in [0.2, 0.25) is 15.7 Å². The summed E-state index contributed by atoms with van der Waals surface area (Å²) in [4.78, 5) is 10.9. The van der Waals surface area contributed by atoms with Crippen LogP contribution in [0.15, 0.2) is 53.5 Å². The summed E-state index contributed by atoms with van der Waals surface area (Å²) >= 11 is 0. The van der Waals surface area contributed by atoms with E-state index in [4.69, 9.17) is 0 Å². The van der Waals surface area contributed by atoms with Crippen molar-refractivity contribution < 1.29 is 22.0 Å². The van der Waals surface area contributed by atoms with Gasteiger partial charge in [-0.3, -0.25) is 4.79 Å². The maximum atomic E-state index is 12.5. The predicted molar refractivity (Wildman–Crippen MR) is 72.2 cm³/mol. The van der Waals surface area contributed by atoms with Crippen LogP contribution in [0.1, 0.15) is 6.92 Å². The minimum absolute atomic E-state index is 0.178. The third-order valence-corrected chi connectivity index (χ3v) is 3.68. The van der Waals surface area contributed by atoms with Crippen molar-refractivity contribution in [1.29, 1.82) is 0 Å². The molecular weight excluding hydrogens is 288 g/mol. The maximum Gasteiger partial charge on any atom is 0.341 e. The average molecular weight is 301 g/mol. The molecule has 0 fully saturated rings. The number of amides is 1. The van der Waals surface area contributed by atoms with E-state index in [1.54, 1.807) is 19.1 Å². The van der Waals surface area contributed by atoms with Gasteiger partial charge >= 0.3 is 5.76 Å². The summed E-state index contributed by atoms with van der Waals surface area (Å²) in [6.45, 7) is 1.76. The molecule has 4 nitrogen and oxygen atoms in total. The lowest BCUT2D eigenvalue weighted by Gasteiger charge is -2.09. The van der Waals surface area contributed by atoms with Crippen molar-refractivity contribution in [3.8, 4) is 0 Å². The van der Waals surface area contributed by atoms with Crippen molar-refractivity contribution in [2.75, 3.05) is 5.32 Å². The summed E-state index contributed by atoms with van der Waals surface area (Å²) in [6.07, 6.45) is 5.89. The number of allylic oxidation sites excluding steroid dienone is 3. The van der Waals surface area contributed by atoms with Crippen LogP contribution in [0.5, 0.6) is 0 Å². The van der Waals surface area contributed by atoms with E-state index in [9.17, 15) is 22.0 Å². The summed E-state index contributed by atoms with van der Waals surface area (Å²) < 4.78 is 48.0. The zero-order chi connectivity index (χ0) is 15.2. The molecule has 0 spiro atoms. The number of carbonyl (C=O) groups is 1. The number of alkyl halides is 2. The van der Waals surface area contributed by atoms with Crippen LogP contribution in [-0.2, 0) is 14.6 Å². The number of hydrogen-bond donors (Lipinski definition) is 1. The molecule has 0 aromatic heterocycles. The highest BCUT2D eigenvalue weighted by molar-refractivity contribution is 7.91. The van der Waals surface area contributed by atoms with E-state index in [0.29, 0.717) is 0 Å². The third kappa shape index (κ3) is 3.99. The lowest BCUT2D eigenvalue weighted by atomic mass is 10.3. The van der Waals surface area contributed by atoms with Gasteiger partial charge in [0.1, 0.15) is 0 Å². The second kappa shape index (κ2) is 6.95. The fraction of sp³-hybridized carbons (Fsp3) is 0.154. The molecule has 0 radical (unpaired) electrons. The fourth-order valence-electron chi connectivity index (χ4n) is 1.34. The number of carbonyl (C=O) groups excluding carboxylic acids is 1. The van der Waals surface area contributed by atoms with Gasteiger partial charge in [-0.05, 0) is 19.1 Å². The van der Waals surface area contributed by atoms with Crippen molar-refractivity contribution in [2.24, 2.45) is 0 Å².